The number of fused-ring (bicyclic) bond motifs is 1. The van der Waals surface area contributed by atoms with E-state index in [-0.39, 0.29) is 0 Å². The third-order valence-corrected chi connectivity index (χ3v) is 7.45. The molecule has 1 aliphatic carbocycles. The minimum atomic E-state index is -0.484. The minimum absolute atomic E-state index is 0.316. The number of anilines is 1. The first kappa shape index (κ1) is 18.4. The number of rotatable bonds is 4. The molecule has 2 aromatic heterocycles. The van der Waals surface area contributed by atoms with Crippen LogP contribution in [0.2, 0.25) is 0 Å². The smallest absolute Gasteiger partial charge is 0.267 e. The molecule has 1 amide bonds. The molecule has 0 saturated carbocycles. The Labute approximate surface area is 174 Å². The van der Waals surface area contributed by atoms with E-state index in [4.69, 9.17) is 10.7 Å². The number of nitrogens with two attached hydrogens (primary N) is 1. The van der Waals surface area contributed by atoms with Crippen LogP contribution in [0.25, 0.3) is 0 Å². The van der Waals surface area contributed by atoms with Crippen LogP contribution < -0.4 is 10.6 Å². The lowest BCUT2D eigenvalue weighted by molar-refractivity contribution is 0.0995. The Bertz CT molecular complexity index is 944. The standard InChI is InChI=1S/C22H25N5OS/c23-21(28)19-5-4-17(14-24-19)27-10-6-15(7-11-27)22-25-18-8-12-26(16-2-1-3-16)13-9-20(18)29-22/h1-5,14-15H,6-13H2,(H2,23,28). The summed E-state index contributed by atoms with van der Waals surface area (Å²) in [5.41, 5.74) is 9.34. The van der Waals surface area contributed by atoms with Gasteiger partial charge in [0.15, 0.2) is 0 Å². The second kappa shape index (κ2) is 7.63. The second-order valence-electron chi connectivity index (χ2n) is 7.89. The predicted octanol–water partition coefficient (Wildman–Crippen LogP) is 2.88. The average Bonchev–Trinajstić information content (AvgIpc) is 3.02. The SMILES string of the molecule is NC(=O)c1ccc(N2CCC(c3nc4c(s3)CCN(C3=CC=C3)CC4)CC2)cn1. The molecule has 0 bridgehead atoms. The number of hydrogen-bond acceptors (Lipinski definition) is 6. The quantitative estimate of drug-likeness (QED) is 0.843. The molecule has 1 saturated heterocycles. The van der Waals surface area contributed by atoms with Gasteiger partial charge in [0.1, 0.15) is 5.69 Å². The first-order valence-corrected chi connectivity index (χ1v) is 11.1. The zero-order valence-electron chi connectivity index (χ0n) is 16.4. The number of piperidine rings is 1. The highest BCUT2D eigenvalue weighted by molar-refractivity contribution is 7.11. The van der Waals surface area contributed by atoms with Crippen molar-refractivity contribution in [2.45, 2.75) is 31.6 Å². The third kappa shape index (κ3) is 3.67. The number of carbonyl (C=O) groups is 1. The van der Waals surface area contributed by atoms with Gasteiger partial charge >= 0.3 is 0 Å². The molecule has 2 N–H and O–H groups in total. The van der Waals surface area contributed by atoms with Crippen LogP contribution in [-0.2, 0) is 12.8 Å². The van der Waals surface area contributed by atoms with Gasteiger partial charge in [-0.2, -0.15) is 0 Å². The van der Waals surface area contributed by atoms with Gasteiger partial charge < -0.3 is 15.5 Å². The Morgan fingerprint density at radius 2 is 1.90 bits per heavy atom. The summed E-state index contributed by atoms with van der Waals surface area (Å²) in [6, 6.07) is 3.65. The van der Waals surface area contributed by atoms with E-state index in [1.54, 1.807) is 12.3 Å². The molecule has 5 rings (SSSR count). The summed E-state index contributed by atoms with van der Waals surface area (Å²) in [7, 11) is 0. The van der Waals surface area contributed by atoms with Crippen LogP contribution in [0.15, 0.2) is 42.3 Å². The van der Waals surface area contributed by atoms with Gasteiger partial charge in [-0.25, -0.2) is 9.97 Å². The minimum Gasteiger partial charge on any atom is -0.371 e. The number of pyridine rings is 1. The van der Waals surface area contributed by atoms with Gasteiger partial charge in [-0.1, -0.05) is 6.08 Å². The number of nitrogens with zero attached hydrogens (tertiary/aromatic N) is 4. The zero-order chi connectivity index (χ0) is 19.8. The fraction of sp³-hybridized carbons (Fsp3) is 0.409. The molecule has 0 aromatic carbocycles. The Morgan fingerprint density at radius 3 is 2.55 bits per heavy atom. The molecule has 0 spiro atoms. The third-order valence-electron chi connectivity index (χ3n) is 6.13. The van der Waals surface area contributed by atoms with E-state index in [1.807, 2.05) is 17.4 Å². The summed E-state index contributed by atoms with van der Waals surface area (Å²) in [5.74, 6) is 0.0668. The van der Waals surface area contributed by atoms with Gasteiger partial charge in [0.2, 0.25) is 0 Å². The highest BCUT2D eigenvalue weighted by Gasteiger charge is 2.26. The van der Waals surface area contributed by atoms with Crippen molar-refractivity contribution < 1.29 is 4.79 Å². The number of hydrogen-bond donors (Lipinski definition) is 1. The number of amides is 1. The van der Waals surface area contributed by atoms with Crippen LogP contribution in [0.3, 0.4) is 0 Å². The summed E-state index contributed by atoms with van der Waals surface area (Å²) < 4.78 is 0. The van der Waals surface area contributed by atoms with E-state index in [2.05, 4.69) is 33.0 Å². The van der Waals surface area contributed by atoms with Crippen molar-refractivity contribution in [1.82, 2.24) is 14.9 Å². The van der Waals surface area contributed by atoms with Crippen molar-refractivity contribution in [3.05, 3.63) is 63.5 Å². The van der Waals surface area contributed by atoms with E-state index in [9.17, 15) is 4.79 Å². The molecule has 0 atom stereocenters. The molecule has 3 aliphatic rings. The molecule has 1 fully saturated rings. The average molecular weight is 408 g/mol. The van der Waals surface area contributed by atoms with E-state index in [0.29, 0.717) is 11.6 Å². The molecule has 6 nitrogen and oxygen atoms in total. The lowest BCUT2D eigenvalue weighted by Gasteiger charge is -2.32. The van der Waals surface area contributed by atoms with Crippen LogP contribution in [0.5, 0.6) is 0 Å². The van der Waals surface area contributed by atoms with Crippen molar-refractivity contribution >= 4 is 22.9 Å². The van der Waals surface area contributed by atoms with Crippen molar-refractivity contribution in [2.24, 2.45) is 5.73 Å². The molecule has 2 aromatic rings. The van der Waals surface area contributed by atoms with Gasteiger partial charge in [0, 0.05) is 55.5 Å². The van der Waals surface area contributed by atoms with Crippen molar-refractivity contribution in [3.63, 3.8) is 0 Å². The number of primary amides is 1. The van der Waals surface area contributed by atoms with Crippen LogP contribution in [0.1, 0.15) is 44.8 Å². The number of thiazole rings is 1. The predicted molar refractivity (Wildman–Crippen MR) is 115 cm³/mol. The fourth-order valence-corrected chi connectivity index (χ4v) is 5.58. The molecule has 150 valence electrons. The Morgan fingerprint density at radius 1 is 1.10 bits per heavy atom. The summed E-state index contributed by atoms with van der Waals surface area (Å²) >= 11 is 1.94. The number of aromatic nitrogens is 2. The van der Waals surface area contributed by atoms with Crippen molar-refractivity contribution in [3.8, 4) is 0 Å². The van der Waals surface area contributed by atoms with Crippen LogP contribution in [0.4, 0.5) is 5.69 Å². The Balaban J connectivity index is 1.20. The first-order valence-electron chi connectivity index (χ1n) is 10.3. The molecule has 29 heavy (non-hydrogen) atoms. The second-order valence-corrected chi connectivity index (χ2v) is 9.00. The molecule has 0 unspecified atom stereocenters. The summed E-state index contributed by atoms with van der Waals surface area (Å²) in [6.45, 7) is 4.14. The van der Waals surface area contributed by atoms with E-state index < -0.39 is 5.91 Å². The highest BCUT2D eigenvalue weighted by atomic mass is 32.1. The maximum atomic E-state index is 11.2. The normalized spacial score (nSPS) is 19.4. The molecule has 0 radical (unpaired) electrons. The van der Waals surface area contributed by atoms with Crippen LogP contribution in [0, 0.1) is 0 Å². The first-order chi connectivity index (χ1) is 14.2. The molecule has 4 heterocycles. The van der Waals surface area contributed by atoms with E-state index in [0.717, 1.165) is 57.5 Å². The molecule has 2 aliphatic heterocycles. The van der Waals surface area contributed by atoms with Gasteiger partial charge in [0.25, 0.3) is 5.91 Å². The monoisotopic (exact) mass is 407 g/mol. The van der Waals surface area contributed by atoms with Crippen molar-refractivity contribution in [1.29, 1.82) is 0 Å². The Hall–Kier alpha value is -2.67. The van der Waals surface area contributed by atoms with Crippen LogP contribution in [-0.4, -0.2) is 47.0 Å². The number of carbonyl (C=O) groups excluding carboxylic acids is 1. The van der Waals surface area contributed by atoms with Gasteiger partial charge in [0.05, 0.1) is 22.6 Å². The van der Waals surface area contributed by atoms with E-state index in [1.165, 1.54) is 21.3 Å². The zero-order valence-corrected chi connectivity index (χ0v) is 17.2. The summed E-state index contributed by atoms with van der Waals surface area (Å²) in [6.07, 6.45) is 12.6. The lowest BCUT2D eigenvalue weighted by Crippen LogP contribution is -2.33. The largest absolute Gasteiger partial charge is 0.371 e. The van der Waals surface area contributed by atoms with Gasteiger partial charge in [-0.15, -0.1) is 11.3 Å². The van der Waals surface area contributed by atoms with Gasteiger partial charge in [-0.3, -0.25) is 4.79 Å². The topological polar surface area (TPSA) is 75.4 Å². The fourth-order valence-electron chi connectivity index (χ4n) is 4.31. The van der Waals surface area contributed by atoms with E-state index >= 15 is 0 Å². The highest BCUT2D eigenvalue weighted by Crippen LogP contribution is 2.35. The molecule has 7 heteroatoms. The molecular weight excluding hydrogens is 382 g/mol. The summed E-state index contributed by atoms with van der Waals surface area (Å²) in [5, 5.41) is 1.33. The van der Waals surface area contributed by atoms with Crippen molar-refractivity contribution in [2.75, 3.05) is 31.1 Å². The van der Waals surface area contributed by atoms with Crippen LogP contribution >= 0.6 is 11.3 Å². The molecular formula is C22H25N5OS. The maximum absolute atomic E-state index is 11.2. The Kier molecular flexibility index (Phi) is 4.83. The number of allylic oxidation sites excluding steroid dienone is 3. The lowest BCUT2D eigenvalue weighted by atomic mass is 9.97. The van der Waals surface area contributed by atoms with Gasteiger partial charge in [-0.05, 0) is 37.1 Å². The maximum Gasteiger partial charge on any atom is 0.267 e. The summed E-state index contributed by atoms with van der Waals surface area (Å²) in [4.78, 5) is 26.7.